The Hall–Kier alpha value is -2.50. The molecule has 0 atom stereocenters. The van der Waals surface area contributed by atoms with Gasteiger partial charge >= 0.3 is 0 Å². The van der Waals surface area contributed by atoms with Crippen LogP contribution in [-0.2, 0) is 11.2 Å². The van der Waals surface area contributed by atoms with Crippen LogP contribution in [0.4, 0.5) is 10.2 Å². The number of amides is 1. The van der Waals surface area contributed by atoms with Crippen molar-refractivity contribution in [2.75, 3.05) is 31.1 Å². The lowest BCUT2D eigenvalue weighted by molar-refractivity contribution is -0.129. The molecule has 6 heteroatoms. The molecule has 5 nitrogen and oxygen atoms in total. The van der Waals surface area contributed by atoms with Gasteiger partial charge in [-0.05, 0) is 18.6 Å². The van der Waals surface area contributed by atoms with E-state index < -0.39 is 0 Å². The zero-order valence-corrected chi connectivity index (χ0v) is 16.5. The molecule has 0 saturated carbocycles. The van der Waals surface area contributed by atoms with Crippen molar-refractivity contribution in [2.45, 2.75) is 40.0 Å². The smallest absolute Gasteiger partial charge is 0.219 e. The van der Waals surface area contributed by atoms with Crippen molar-refractivity contribution in [3.05, 3.63) is 52.7 Å². The third-order valence-corrected chi connectivity index (χ3v) is 5.08. The molecule has 0 radical (unpaired) electrons. The number of rotatable bonds is 4. The first kappa shape index (κ1) is 19.3. The molecule has 2 heterocycles. The van der Waals surface area contributed by atoms with Crippen LogP contribution in [0.2, 0.25) is 0 Å². The molecule has 0 aliphatic carbocycles. The number of nitrogens with zero attached hydrogens (tertiary/aromatic N) is 4. The van der Waals surface area contributed by atoms with Crippen molar-refractivity contribution in [1.82, 2.24) is 14.9 Å². The van der Waals surface area contributed by atoms with Crippen molar-refractivity contribution in [3.63, 3.8) is 0 Å². The number of carbonyl (C=O) groups excluding carboxylic acids is 1. The molecule has 0 unspecified atom stereocenters. The summed E-state index contributed by atoms with van der Waals surface area (Å²) in [5.74, 6) is 1.77. The highest BCUT2D eigenvalue weighted by Crippen LogP contribution is 2.27. The summed E-state index contributed by atoms with van der Waals surface area (Å²) in [5.41, 5.74) is 2.49. The number of hydrogen-bond donors (Lipinski definition) is 0. The van der Waals surface area contributed by atoms with E-state index in [-0.39, 0.29) is 17.6 Å². The van der Waals surface area contributed by atoms with Crippen molar-refractivity contribution in [3.8, 4) is 0 Å². The van der Waals surface area contributed by atoms with Gasteiger partial charge in [-0.2, -0.15) is 0 Å². The minimum atomic E-state index is -0.211. The number of benzene rings is 1. The molecular weight excluding hydrogens is 343 g/mol. The van der Waals surface area contributed by atoms with E-state index >= 15 is 0 Å². The van der Waals surface area contributed by atoms with Crippen LogP contribution >= 0.6 is 0 Å². The van der Waals surface area contributed by atoms with Crippen LogP contribution in [0.25, 0.3) is 0 Å². The first-order chi connectivity index (χ1) is 12.9. The minimum absolute atomic E-state index is 0.1000. The average Bonchev–Trinajstić information content (AvgIpc) is 2.64. The van der Waals surface area contributed by atoms with Gasteiger partial charge in [0.25, 0.3) is 0 Å². The van der Waals surface area contributed by atoms with Gasteiger partial charge in [0.15, 0.2) is 0 Å². The second-order valence-corrected chi connectivity index (χ2v) is 7.39. The summed E-state index contributed by atoms with van der Waals surface area (Å²) in [4.78, 5) is 25.2. The second kappa shape index (κ2) is 8.03. The predicted octanol–water partition coefficient (Wildman–Crippen LogP) is 3.31. The number of anilines is 1. The van der Waals surface area contributed by atoms with Gasteiger partial charge < -0.3 is 9.80 Å². The van der Waals surface area contributed by atoms with E-state index in [0.29, 0.717) is 25.1 Å². The summed E-state index contributed by atoms with van der Waals surface area (Å²) in [7, 11) is 0. The molecule has 0 spiro atoms. The van der Waals surface area contributed by atoms with Crippen molar-refractivity contribution in [2.24, 2.45) is 0 Å². The maximum atomic E-state index is 14.2. The van der Waals surface area contributed by atoms with E-state index in [1.54, 1.807) is 13.0 Å². The van der Waals surface area contributed by atoms with Crippen LogP contribution in [0.15, 0.2) is 24.3 Å². The summed E-state index contributed by atoms with van der Waals surface area (Å²) in [6, 6.07) is 6.84. The molecule has 1 saturated heterocycles. The number of hydrogen-bond acceptors (Lipinski definition) is 4. The summed E-state index contributed by atoms with van der Waals surface area (Å²) in [6.07, 6.45) is 0.457. The molecule has 27 heavy (non-hydrogen) atoms. The predicted molar refractivity (Wildman–Crippen MR) is 105 cm³/mol. The molecule has 1 aliphatic heterocycles. The van der Waals surface area contributed by atoms with Gasteiger partial charge in [0, 0.05) is 56.7 Å². The van der Waals surface area contributed by atoms with Gasteiger partial charge in [-0.15, -0.1) is 0 Å². The Morgan fingerprint density at radius 2 is 1.81 bits per heavy atom. The molecule has 1 aliphatic rings. The van der Waals surface area contributed by atoms with Gasteiger partial charge in [0.2, 0.25) is 5.91 Å². The fourth-order valence-corrected chi connectivity index (χ4v) is 3.39. The molecule has 2 aromatic rings. The highest BCUT2D eigenvalue weighted by atomic mass is 19.1. The number of halogens is 1. The largest absolute Gasteiger partial charge is 0.353 e. The van der Waals surface area contributed by atoms with Crippen molar-refractivity contribution >= 4 is 11.7 Å². The zero-order valence-electron chi connectivity index (χ0n) is 16.5. The van der Waals surface area contributed by atoms with Gasteiger partial charge in [-0.3, -0.25) is 4.79 Å². The lowest BCUT2D eigenvalue weighted by Gasteiger charge is -2.36. The SMILES string of the molecule is CC(=O)N1CCN(c2nc(C(C)C)nc(C)c2Cc2ccccc2F)CC1. The van der Waals surface area contributed by atoms with Crippen LogP contribution < -0.4 is 4.90 Å². The van der Waals surface area contributed by atoms with Gasteiger partial charge in [-0.25, -0.2) is 14.4 Å². The van der Waals surface area contributed by atoms with E-state index in [4.69, 9.17) is 4.98 Å². The van der Waals surface area contributed by atoms with E-state index in [0.717, 1.165) is 36.0 Å². The monoisotopic (exact) mass is 370 g/mol. The van der Waals surface area contributed by atoms with Crippen LogP contribution in [-0.4, -0.2) is 47.0 Å². The number of piperazine rings is 1. The fraction of sp³-hybridized carbons (Fsp3) is 0.476. The third kappa shape index (κ3) is 4.26. The standard InChI is InChI=1S/C21H27FN4O/c1-14(2)20-23-15(3)18(13-17-7-5-6-8-19(17)22)21(24-20)26-11-9-25(10-12-26)16(4)27/h5-8,14H,9-13H2,1-4H3. The second-order valence-electron chi connectivity index (χ2n) is 7.39. The van der Waals surface area contributed by atoms with Gasteiger partial charge in [0.05, 0.1) is 0 Å². The molecular formula is C21H27FN4O. The summed E-state index contributed by atoms with van der Waals surface area (Å²) in [6.45, 7) is 10.5. The lowest BCUT2D eigenvalue weighted by atomic mass is 10.0. The van der Waals surface area contributed by atoms with Crippen molar-refractivity contribution < 1.29 is 9.18 Å². The van der Waals surface area contributed by atoms with Crippen LogP contribution in [0.1, 0.15) is 49.3 Å². The lowest BCUT2D eigenvalue weighted by Crippen LogP contribution is -2.48. The van der Waals surface area contributed by atoms with Crippen molar-refractivity contribution in [1.29, 1.82) is 0 Å². The highest BCUT2D eigenvalue weighted by Gasteiger charge is 2.24. The van der Waals surface area contributed by atoms with Gasteiger partial charge in [0.1, 0.15) is 17.5 Å². The molecule has 1 fully saturated rings. The maximum Gasteiger partial charge on any atom is 0.219 e. The Bertz CT molecular complexity index is 829. The van der Waals surface area contributed by atoms with E-state index in [9.17, 15) is 9.18 Å². The summed E-state index contributed by atoms with van der Waals surface area (Å²) in [5, 5.41) is 0. The molecule has 1 aromatic heterocycles. The Kier molecular flexibility index (Phi) is 5.73. The topological polar surface area (TPSA) is 49.3 Å². The fourth-order valence-electron chi connectivity index (χ4n) is 3.39. The van der Waals surface area contributed by atoms with E-state index in [1.807, 2.05) is 24.0 Å². The Balaban J connectivity index is 1.97. The number of carbonyl (C=O) groups is 1. The highest BCUT2D eigenvalue weighted by molar-refractivity contribution is 5.73. The van der Waals surface area contributed by atoms with Gasteiger partial charge in [-0.1, -0.05) is 32.0 Å². The molecule has 0 N–H and O–H groups in total. The maximum absolute atomic E-state index is 14.2. The van der Waals surface area contributed by atoms with E-state index in [2.05, 4.69) is 23.7 Å². The summed E-state index contributed by atoms with van der Waals surface area (Å²) < 4.78 is 14.2. The Morgan fingerprint density at radius 1 is 1.15 bits per heavy atom. The van der Waals surface area contributed by atoms with Crippen LogP contribution in [0.3, 0.4) is 0 Å². The quantitative estimate of drug-likeness (QED) is 0.829. The molecule has 1 aromatic carbocycles. The molecule has 0 bridgehead atoms. The first-order valence-electron chi connectivity index (χ1n) is 9.48. The first-order valence-corrected chi connectivity index (χ1v) is 9.48. The molecule has 144 valence electrons. The Labute approximate surface area is 160 Å². The number of aromatic nitrogens is 2. The average molecular weight is 370 g/mol. The third-order valence-electron chi connectivity index (χ3n) is 5.08. The summed E-state index contributed by atoms with van der Waals surface area (Å²) >= 11 is 0. The molecule has 3 rings (SSSR count). The van der Waals surface area contributed by atoms with E-state index in [1.165, 1.54) is 6.07 Å². The minimum Gasteiger partial charge on any atom is -0.353 e. The Morgan fingerprint density at radius 3 is 2.41 bits per heavy atom. The van der Waals surface area contributed by atoms with Crippen LogP contribution in [0, 0.1) is 12.7 Å². The van der Waals surface area contributed by atoms with Crippen LogP contribution in [0.5, 0.6) is 0 Å². The number of aryl methyl sites for hydroxylation is 1. The normalized spacial score (nSPS) is 14.7. The molecule has 1 amide bonds. The zero-order chi connectivity index (χ0) is 19.6.